The van der Waals surface area contributed by atoms with Crippen LogP contribution in [0.2, 0.25) is 0 Å². The van der Waals surface area contributed by atoms with Crippen molar-refractivity contribution in [1.82, 2.24) is 25.5 Å². The lowest BCUT2D eigenvalue weighted by atomic mass is 9.82. The van der Waals surface area contributed by atoms with Gasteiger partial charge in [-0.25, -0.2) is 14.4 Å². The molecule has 2 bridgehead atoms. The monoisotopic (exact) mass is 504 g/mol. The van der Waals surface area contributed by atoms with E-state index in [1.807, 2.05) is 19.1 Å². The number of anilines is 1. The number of rotatable bonds is 5. The topological polar surface area (TPSA) is 106 Å². The molecule has 3 aromatic rings. The van der Waals surface area contributed by atoms with Gasteiger partial charge in [0.1, 0.15) is 17.6 Å². The van der Waals surface area contributed by atoms with Crippen LogP contribution in [0.5, 0.6) is 17.4 Å². The van der Waals surface area contributed by atoms with Crippen molar-refractivity contribution in [3.63, 3.8) is 0 Å². The van der Waals surface area contributed by atoms with E-state index in [1.165, 1.54) is 0 Å². The molecule has 0 radical (unpaired) electrons. The van der Waals surface area contributed by atoms with Crippen LogP contribution >= 0.6 is 0 Å². The lowest BCUT2D eigenvalue weighted by Crippen LogP contribution is -2.66. The number of ether oxygens (including phenoxy) is 2. The molecule has 3 fully saturated rings. The van der Waals surface area contributed by atoms with Gasteiger partial charge in [0.2, 0.25) is 12.7 Å². The van der Waals surface area contributed by atoms with Crippen LogP contribution in [-0.2, 0) is 0 Å². The van der Waals surface area contributed by atoms with Crippen LogP contribution in [0, 0.1) is 0 Å². The molecule has 9 nitrogen and oxygen atoms in total. The Kier molecular flexibility index (Phi) is 4.89. The fraction of sp³-hybridized carbons (Fsp3) is 0.481. The smallest absolute Gasteiger partial charge is 0.260 e. The van der Waals surface area contributed by atoms with Crippen molar-refractivity contribution in [2.75, 3.05) is 11.7 Å². The molecular weight excluding hydrogens is 475 g/mol. The third-order valence-electron chi connectivity index (χ3n) is 8.30. The molecule has 3 aliphatic heterocycles. The predicted octanol–water partition coefficient (Wildman–Crippen LogP) is 4.01. The fourth-order valence-electron chi connectivity index (χ4n) is 6.26. The van der Waals surface area contributed by atoms with Gasteiger partial charge < -0.3 is 24.8 Å². The number of pyridine rings is 1. The number of hydrogen-bond acceptors (Lipinski definition) is 9. The predicted molar refractivity (Wildman–Crippen MR) is 134 cm³/mol. The Morgan fingerprint density at radius 3 is 2.68 bits per heavy atom. The van der Waals surface area contributed by atoms with Crippen LogP contribution in [0.15, 0.2) is 36.7 Å². The highest BCUT2D eigenvalue weighted by Gasteiger charge is 2.58. The Bertz CT molecular complexity index is 1370. The number of hydrogen-bond donors (Lipinski definition) is 2. The number of nitrogens with one attached hydrogen (secondary N) is 1. The summed E-state index contributed by atoms with van der Waals surface area (Å²) in [6.45, 7) is 4.34. The first-order valence-electron chi connectivity index (χ1n) is 12.8. The van der Waals surface area contributed by atoms with Crippen LogP contribution in [0.1, 0.15) is 46.0 Å². The molecule has 4 aliphatic rings. The van der Waals surface area contributed by atoms with Crippen molar-refractivity contribution in [1.29, 1.82) is 0 Å². The van der Waals surface area contributed by atoms with Gasteiger partial charge in [-0.15, -0.1) is 10.2 Å². The van der Waals surface area contributed by atoms with E-state index < -0.39 is 11.7 Å². The average molecular weight is 505 g/mol. The fourth-order valence-corrected chi connectivity index (χ4v) is 6.26. The van der Waals surface area contributed by atoms with Crippen molar-refractivity contribution in [2.45, 2.75) is 75.3 Å². The SMILES string of the molecule is C[C@]12CC[C@](C)(N1)[C@H](F)[C@H](N(c1ncc(-c3ccc(-c4cnc5c(c4)OCO5)cc3O)nn1)C1CC1)C2. The summed E-state index contributed by atoms with van der Waals surface area (Å²) in [7, 11) is 0. The molecule has 192 valence electrons. The highest BCUT2D eigenvalue weighted by molar-refractivity contribution is 5.74. The molecule has 0 amide bonds. The number of benzene rings is 1. The number of fused-ring (bicyclic) bond motifs is 3. The van der Waals surface area contributed by atoms with Crippen LogP contribution in [-0.4, -0.2) is 61.4 Å². The number of nitrogens with zero attached hydrogens (tertiary/aromatic N) is 5. The number of phenols is 1. The van der Waals surface area contributed by atoms with Gasteiger partial charge in [0, 0.05) is 34.4 Å². The molecule has 5 heterocycles. The third kappa shape index (κ3) is 3.77. The molecule has 2 N–H and O–H groups in total. The molecule has 1 saturated carbocycles. The molecule has 1 aromatic carbocycles. The van der Waals surface area contributed by atoms with E-state index >= 15 is 4.39 Å². The van der Waals surface area contributed by atoms with E-state index in [0.29, 0.717) is 35.3 Å². The Morgan fingerprint density at radius 2 is 1.92 bits per heavy atom. The van der Waals surface area contributed by atoms with Crippen molar-refractivity contribution in [2.24, 2.45) is 0 Å². The quantitative estimate of drug-likeness (QED) is 0.533. The maximum absolute atomic E-state index is 15.8. The Hall–Kier alpha value is -3.53. The molecule has 2 saturated heterocycles. The standard InChI is InChI=1S/C27H29FN6O3/c1-26-7-8-27(2,33-26)23(28)20(11-26)34(17-4-5-17)25-30-13-19(31-32-25)18-6-3-15(9-21(18)35)16-10-22-24(29-12-16)37-14-36-22/h3,6,9-10,12-13,17,20,23,33,35H,4-5,7-8,11,14H2,1-2H3/t20-,23-,26-,27+/m1/s1. The van der Waals surface area contributed by atoms with E-state index in [9.17, 15) is 5.11 Å². The van der Waals surface area contributed by atoms with Crippen molar-refractivity contribution in [3.05, 3.63) is 36.7 Å². The third-order valence-corrected chi connectivity index (χ3v) is 8.30. The van der Waals surface area contributed by atoms with Crippen molar-refractivity contribution < 1.29 is 19.0 Å². The van der Waals surface area contributed by atoms with Crippen LogP contribution in [0.3, 0.4) is 0 Å². The van der Waals surface area contributed by atoms with Gasteiger partial charge in [0.15, 0.2) is 5.75 Å². The molecule has 4 atom stereocenters. The van der Waals surface area contributed by atoms with Crippen LogP contribution in [0.25, 0.3) is 22.4 Å². The van der Waals surface area contributed by atoms with Crippen LogP contribution in [0.4, 0.5) is 10.3 Å². The first-order chi connectivity index (χ1) is 17.8. The first-order valence-corrected chi connectivity index (χ1v) is 12.8. The van der Waals surface area contributed by atoms with Gasteiger partial charge in [-0.2, -0.15) is 0 Å². The normalized spacial score (nSPS) is 29.9. The highest BCUT2D eigenvalue weighted by atomic mass is 19.1. The molecule has 7 rings (SSSR count). The molecule has 37 heavy (non-hydrogen) atoms. The number of phenolic OH excluding ortho intramolecular Hbond substituents is 1. The molecule has 10 heteroatoms. The Morgan fingerprint density at radius 1 is 1.05 bits per heavy atom. The minimum absolute atomic E-state index is 0.0534. The summed E-state index contributed by atoms with van der Waals surface area (Å²) in [5, 5.41) is 23.2. The maximum atomic E-state index is 15.8. The zero-order valence-corrected chi connectivity index (χ0v) is 20.8. The lowest BCUT2D eigenvalue weighted by Gasteiger charge is -2.48. The highest BCUT2D eigenvalue weighted by Crippen LogP contribution is 2.47. The van der Waals surface area contributed by atoms with Gasteiger partial charge >= 0.3 is 0 Å². The minimum atomic E-state index is -1.02. The number of aromatic nitrogens is 4. The molecule has 2 aromatic heterocycles. The van der Waals surface area contributed by atoms with Crippen molar-refractivity contribution >= 4 is 5.95 Å². The van der Waals surface area contributed by atoms with Gasteiger partial charge in [-0.3, -0.25) is 0 Å². The second-order valence-corrected chi connectivity index (χ2v) is 11.2. The van der Waals surface area contributed by atoms with E-state index in [4.69, 9.17) is 9.47 Å². The number of aromatic hydroxyl groups is 1. The maximum Gasteiger partial charge on any atom is 0.260 e. The first kappa shape index (κ1) is 22.7. The summed E-state index contributed by atoms with van der Waals surface area (Å²) >= 11 is 0. The summed E-state index contributed by atoms with van der Waals surface area (Å²) in [5.74, 6) is 1.55. The van der Waals surface area contributed by atoms with E-state index in [-0.39, 0.29) is 30.2 Å². The van der Waals surface area contributed by atoms with Crippen LogP contribution < -0.4 is 19.7 Å². The van der Waals surface area contributed by atoms with Gasteiger partial charge in [-0.1, -0.05) is 6.07 Å². The average Bonchev–Trinajstić information content (AvgIpc) is 3.53. The number of piperidine rings is 1. The molecule has 0 spiro atoms. The molecule has 0 unspecified atom stereocenters. The Labute approximate surface area is 214 Å². The zero-order valence-electron chi connectivity index (χ0n) is 20.8. The van der Waals surface area contributed by atoms with E-state index in [0.717, 1.165) is 36.8 Å². The second kappa shape index (κ2) is 7.98. The summed E-state index contributed by atoms with van der Waals surface area (Å²) in [6.07, 6.45) is 6.79. The number of halogens is 1. The summed E-state index contributed by atoms with van der Waals surface area (Å²) in [5.41, 5.74) is 1.94. The van der Waals surface area contributed by atoms with Crippen molar-refractivity contribution in [3.8, 4) is 39.8 Å². The summed E-state index contributed by atoms with van der Waals surface area (Å²) in [4.78, 5) is 10.9. The summed E-state index contributed by atoms with van der Waals surface area (Å²) in [6, 6.07) is 7.09. The summed E-state index contributed by atoms with van der Waals surface area (Å²) < 4.78 is 26.5. The minimum Gasteiger partial charge on any atom is -0.507 e. The van der Waals surface area contributed by atoms with E-state index in [1.54, 1.807) is 24.5 Å². The Balaban J connectivity index is 1.16. The second-order valence-electron chi connectivity index (χ2n) is 11.2. The van der Waals surface area contributed by atoms with Gasteiger partial charge in [-0.05, 0) is 69.7 Å². The largest absolute Gasteiger partial charge is 0.507 e. The zero-order chi connectivity index (χ0) is 25.4. The van der Waals surface area contributed by atoms with Gasteiger partial charge in [0.25, 0.3) is 5.88 Å². The van der Waals surface area contributed by atoms with Gasteiger partial charge in [0.05, 0.1) is 12.2 Å². The lowest BCUT2D eigenvalue weighted by molar-refractivity contribution is 0.0828. The molecular formula is C27H29FN6O3. The van der Waals surface area contributed by atoms with E-state index in [2.05, 4.69) is 37.3 Å². The number of alkyl halides is 1. The molecule has 1 aliphatic carbocycles.